The van der Waals surface area contributed by atoms with Crippen molar-refractivity contribution in [2.75, 3.05) is 26.1 Å². The maximum Gasteiger partial charge on any atom is 0.193 e. The number of rotatable bonds is 6. The van der Waals surface area contributed by atoms with Gasteiger partial charge < -0.3 is 20.5 Å². The molecule has 0 bridgehead atoms. The predicted molar refractivity (Wildman–Crippen MR) is 107 cm³/mol. The number of anilines is 1. The molecule has 2 aromatic carbocycles. The number of halogens is 1. The minimum Gasteiger partial charge on any atom is -0.497 e. The SMILES string of the molecule is COc1ccc(OC)c(NC(N)=NCC(C)(C)c2cccc(Br)c2)c1. The number of benzene rings is 2. The zero-order valence-corrected chi connectivity index (χ0v) is 16.6. The summed E-state index contributed by atoms with van der Waals surface area (Å²) in [4.78, 5) is 4.50. The molecule has 0 saturated carbocycles. The van der Waals surface area contributed by atoms with Crippen LogP contribution in [0.4, 0.5) is 5.69 Å². The summed E-state index contributed by atoms with van der Waals surface area (Å²) in [5.74, 6) is 1.71. The first-order valence-electron chi connectivity index (χ1n) is 7.91. The molecular formula is C19H24BrN3O2. The molecule has 0 saturated heterocycles. The van der Waals surface area contributed by atoms with E-state index in [-0.39, 0.29) is 5.41 Å². The lowest BCUT2D eigenvalue weighted by molar-refractivity contribution is 0.405. The highest BCUT2D eigenvalue weighted by Crippen LogP contribution is 2.29. The molecule has 0 spiro atoms. The molecule has 0 fully saturated rings. The van der Waals surface area contributed by atoms with E-state index in [0.29, 0.717) is 29.7 Å². The Hall–Kier alpha value is -2.21. The molecule has 2 rings (SSSR count). The quantitative estimate of drug-likeness (QED) is 0.558. The van der Waals surface area contributed by atoms with Crippen molar-refractivity contribution in [2.24, 2.45) is 10.7 Å². The van der Waals surface area contributed by atoms with Gasteiger partial charge in [0.2, 0.25) is 0 Å². The van der Waals surface area contributed by atoms with E-state index >= 15 is 0 Å². The second-order valence-corrected chi connectivity index (χ2v) is 7.20. The van der Waals surface area contributed by atoms with Crippen LogP contribution in [0, 0.1) is 0 Å². The van der Waals surface area contributed by atoms with E-state index in [2.05, 4.69) is 52.2 Å². The molecule has 0 heterocycles. The van der Waals surface area contributed by atoms with E-state index in [1.54, 1.807) is 14.2 Å². The molecular weight excluding hydrogens is 382 g/mol. The first kappa shape index (κ1) is 19.1. The van der Waals surface area contributed by atoms with Crippen LogP contribution in [0.1, 0.15) is 19.4 Å². The lowest BCUT2D eigenvalue weighted by Crippen LogP contribution is -2.28. The second-order valence-electron chi connectivity index (χ2n) is 6.29. The minimum atomic E-state index is -0.144. The third-order valence-corrected chi connectivity index (χ3v) is 4.41. The molecule has 0 unspecified atom stereocenters. The highest BCUT2D eigenvalue weighted by Gasteiger charge is 2.20. The molecule has 0 aliphatic rings. The fourth-order valence-corrected chi connectivity index (χ4v) is 2.77. The standard InChI is InChI=1S/C19H24BrN3O2/c1-19(2,13-6-5-7-14(20)10-13)12-22-18(21)23-16-11-15(24-3)8-9-17(16)25-4/h5-11H,12H2,1-4H3,(H3,21,22,23). The molecule has 5 nitrogen and oxygen atoms in total. The average molecular weight is 406 g/mol. The van der Waals surface area contributed by atoms with Gasteiger partial charge in [0.1, 0.15) is 11.5 Å². The number of nitrogens with two attached hydrogens (primary N) is 1. The zero-order valence-electron chi connectivity index (χ0n) is 15.0. The fourth-order valence-electron chi connectivity index (χ4n) is 2.37. The lowest BCUT2D eigenvalue weighted by Gasteiger charge is -2.23. The Morgan fingerprint density at radius 1 is 1.16 bits per heavy atom. The Morgan fingerprint density at radius 3 is 2.56 bits per heavy atom. The highest BCUT2D eigenvalue weighted by molar-refractivity contribution is 9.10. The number of methoxy groups -OCH3 is 2. The molecule has 6 heteroatoms. The van der Waals surface area contributed by atoms with Crippen LogP contribution in [0.15, 0.2) is 51.9 Å². The average Bonchev–Trinajstić information content (AvgIpc) is 2.60. The molecule has 2 aromatic rings. The van der Waals surface area contributed by atoms with Crippen LogP contribution in [-0.2, 0) is 5.41 Å². The van der Waals surface area contributed by atoms with Gasteiger partial charge in [-0.1, -0.05) is 41.9 Å². The summed E-state index contributed by atoms with van der Waals surface area (Å²) < 4.78 is 11.6. The summed E-state index contributed by atoms with van der Waals surface area (Å²) in [6.45, 7) is 4.82. The normalized spacial score (nSPS) is 12.0. The Bertz CT molecular complexity index is 760. The molecule has 0 aliphatic heterocycles. The van der Waals surface area contributed by atoms with E-state index in [0.717, 1.165) is 4.47 Å². The summed E-state index contributed by atoms with van der Waals surface area (Å²) in [7, 11) is 3.22. The smallest absolute Gasteiger partial charge is 0.193 e. The van der Waals surface area contributed by atoms with Gasteiger partial charge in [0.15, 0.2) is 5.96 Å². The van der Waals surface area contributed by atoms with E-state index in [9.17, 15) is 0 Å². The number of guanidine groups is 1. The van der Waals surface area contributed by atoms with Crippen molar-refractivity contribution in [3.05, 3.63) is 52.5 Å². The summed E-state index contributed by atoms with van der Waals surface area (Å²) in [5.41, 5.74) is 7.83. The monoisotopic (exact) mass is 405 g/mol. The van der Waals surface area contributed by atoms with Crippen molar-refractivity contribution in [1.29, 1.82) is 0 Å². The van der Waals surface area contributed by atoms with Crippen LogP contribution in [0.25, 0.3) is 0 Å². The van der Waals surface area contributed by atoms with Gasteiger partial charge >= 0.3 is 0 Å². The molecule has 0 radical (unpaired) electrons. The minimum absolute atomic E-state index is 0.144. The zero-order chi connectivity index (χ0) is 18.4. The van der Waals surface area contributed by atoms with E-state index in [1.807, 2.05) is 30.3 Å². The van der Waals surface area contributed by atoms with Crippen LogP contribution < -0.4 is 20.5 Å². The Morgan fingerprint density at radius 2 is 1.92 bits per heavy atom. The van der Waals surface area contributed by atoms with E-state index < -0.39 is 0 Å². The molecule has 134 valence electrons. The number of aliphatic imine (C=N–C) groups is 1. The highest BCUT2D eigenvalue weighted by atomic mass is 79.9. The van der Waals surface area contributed by atoms with Crippen LogP contribution >= 0.6 is 15.9 Å². The van der Waals surface area contributed by atoms with Gasteiger partial charge in [0, 0.05) is 16.0 Å². The molecule has 3 N–H and O–H groups in total. The Balaban J connectivity index is 2.14. The van der Waals surface area contributed by atoms with Gasteiger partial charge in [-0.05, 0) is 29.8 Å². The lowest BCUT2D eigenvalue weighted by atomic mass is 9.85. The van der Waals surface area contributed by atoms with E-state index in [1.165, 1.54) is 5.56 Å². The largest absolute Gasteiger partial charge is 0.497 e. The number of hydrogen-bond donors (Lipinski definition) is 2. The van der Waals surface area contributed by atoms with Crippen LogP contribution in [0.5, 0.6) is 11.5 Å². The first-order chi connectivity index (χ1) is 11.9. The topological polar surface area (TPSA) is 68.9 Å². The molecule has 0 atom stereocenters. The molecule has 0 amide bonds. The van der Waals surface area contributed by atoms with Crippen LogP contribution in [0.3, 0.4) is 0 Å². The van der Waals surface area contributed by atoms with Gasteiger partial charge in [-0.15, -0.1) is 0 Å². The van der Waals surface area contributed by atoms with Crippen LogP contribution in [0.2, 0.25) is 0 Å². The third kappa shape index (κ3) is 5.13. The van der Waals surface area contributed by atoms with Gasteiger partial charge in [-0.3, -0.25) is 4.99 Å². The fraction of sp³-hybridized carbons (Fsp3) is 0.316. The number of ether oxygens (including phenoxy) is 2. The summed E-state index contributed by atoms with van der Waals surface area (Å²) in [6, 6.07) is 13.7. The van der Waals surface area contributed by atoms with Gasteiger partial charge in [0.05, 0.1) is 26.5 Å². The van der Waals surface area contributed by atoms with Crippen molar-refractivity contribution < 1.29 is 9.47 Å². The maximum atomic E-state index is 6.07. The van der Waals surface area contributed by atoms with Gasteiger partial charge in [0.25, 0.3) is 0 Å². The van der Waals surface area contributed by atoms with Crippen molar-refractivity contribution in [1.82, 2.24) is 0 Å². The maximum absolute atomic E-state index is 6.07. The van der Waals surface area contributed by atoms with Gasteiger partial charge in [-0.2, -0.15) is 0 Å². The first-order valence-corrected chi connectivity index (χ1v) is 8.70. The summed E-state index contributed by atoms with van der Waals surface area (Å²) >= 11 is 3.51. The second kappa shape index (κ2) is 8.25. The third-order valence-electron chi connectivity index (χ3n) is 3.92. The summed E-state index contributed by atoms with van der Waals surface area (Å²) in [5, 5.41) is 3.09. The Kier molecular flexibility index (Phi) is 6.31. The molecule has 25 heavy (non-hydrogen) atoms. The summed E-state index contributed by atoms with van der Waals surface area (Å²) in [6.07, 6.45) is 0. The number of nitrogens with zero attached hydrogens (tertiary/aromatic N) is 1. The van der Waals surface area contributed by atoms with E-state index in [4.69, 9.17) is 15.2 Å². The van der Waals surface area contributed by atoms with Crippen molar-refractivity contribution in [3.63, 3.8) is 0 Å². The predicted octanol–water partition coefficient (Wildman–Crippen LogP) is 4.17. The Labute approximate surface area is 157 Å². The number of nitrogens with one attached hydrogen (secondary N) is 1. The van der Waals surface area contributed by atoms with Crippen molar-refractivity contribution in [3.8, 4) is 11.5 Å². The van der Waals surface area contributed by atoms with Crippen molar-refractivity contribution >= 4 is 27.6 Å². The van der Waals surface area contributed by atoms with Gasteiger partial charge in [-0.25, -0.2) is 0 Å². The number of hydrogen-bond acceptors (Lipinski definition) is 3. The molecule has 0 aliphatic carbocycles. The van der Waals surface area contributed by atoms with Crippen LogP contribution in [-0.4, -0.2) is 26.7 Å². The van der Waals surface area contributed by atoms with Crippen molar-refractivity contribution in [2.45, 2.75) is 19.3 Å². The molecule has 0 aromatic heterocycles.